The van der Waals surface area contributed by atoms with Gasteiger partial charge in [0.1, 0.15) is 17.3 Å². The minimum absolute atomic E-state index is 0.0153. The molecule has 1 saturated heterocycles. The molecule has 0 radical (unpaired) electrons. The number of methoxy groups -OCH3 is 1. The van der Waals surface area contributed by atoms with Gasteiger partial charge in [0.05, 0.1) is 32.2 Å². The average molecular weight is 290 g/mol. The Hall–Kier alpha value is -1.81. The fourth-order valence-electron chi connectivity index (χ4n) is 2.68. The number of aliphatic hydroxyl groups is 1. The second-order valence-corrected chi connectivity index (χ2v) is 5.32. The molecule has 1 aromatic rings. The molecule has 2 rings (SSSR count). The number of benzene rings is 1. The van der Waals surface area contributed by atoms with Crippen LogP contribution in [0.15, 0.2) is 41.9 Å². The summed E-state index contributed by atoms with van der Waals surface area (Å²) in [6.45, 7) is 2.11. The zero-order valence-electron chi connectivity index (χ0n) is 12.5. The number of carbonyl (C=O) groups is 1. The summed E-state index contributed by atoms with van der Waals surface area (Å²) >= 11 is 0. The van der Waals surface area contributed by atoms with Crippen LogP contribution in [0, 0.1) is 5.92 Å². The van der Waals surface area contributed by atoms with Gasteiger partial charge < -0.3 is 14.6 Å². The van der Waals surface area contributed by atoms with E-state index in [1.54, 1.807) is 0 Å². The van der Waals surface area contributed by atoms with Gasteiger partial charge in [0.25, 0.3) is 0 Å². The number of allylic oxidation sites excluding steroid dienone is 1. The number of ketones is 1. The first-order chi connectivity index (χ1) is 10.1. The monoisotopic (exact) mass is 290 g/mol. The summed E-state index contributed by atoms with van der Waals surface area (Å²) in [6.07, 6.45) is 1.24. The van der Waals surface area contributed by atoms with Gasteiger partial charge in [0.15, 0.2) is 0 Å². The topological polar surface area (TPSA) is 55.8 Å². The largest absolute Gasteiger partial charge is 0.497 e. The lowest BCUT2D eigenvalue weighted by atomic mass is 9.87. The molecule has 114 valence electrons. The van der Waals surface area contributed by atoms with Crippen LogP contribution < -0.4 is 0 Å². The Morgan fingerprint density at radius 1 is 1.43 bits per heavy atom. The third-order valence-corrected chi connectivity index (χ3v) is 3.71. The number of rotatable bonds is 5. The van der Waals surface area contributed by atoms with E-state index >= 15 is 0 Å². The van der Waals surface area contributed by atoms with E-state index in [-0.39, 0.29) is 18.1 Å². The molecule has 1 aliphatic rings. The molecule has 21 heavy (non-hydrogen) atoms. The van der Waals surface area contributed by atoms with E-state index in [2.05, 4.69) is 0 Å². The maximum absolute atomic E-state index is 11.4. The molecule has 0 aliphatic carbocycles. The van der Waals surface area contributed by atoms with Crippen molar-refractivity contribution in [1.29, 1.82) is 0 Å². The Labute approximate surface area is 125 Å². The molecule has 0 saturated carbocycles. The van der Waals surface area contributed by atoms with Crippen molar-refractivity contribution in [3.8, 4) is 0 Å². The van der Waals surface area contributed by atoms with Gasteiger partial charge in [-0.25, -0.2) is 0 Å². The normalized spacial score (nSPS) is 22.1. The van der Waals surface area contributed by atoms with Crippen LogP contribution in [-0.2, 0) is 14.3 Å². The van der Waals surface area contributed by atoms with Crippen LogP contribution in [0.4, 0.5) is 0 Å². The van der Waals surface area contributed by atoms with Crippen LogP contribution in [0.1, 0.15) is 37.9 Å². The molecule has 0 amide bonds. The highest BCUT2D eigenvalue weighted by atomic mass is 16.5. The summed E-state index contributed by atoms with van der Waals surface area (Å²) in [5.41, 5.74) is 0.851. The van der Waals surface area contributed by atoms with Crippen molar-refractivity contribution in [3.05, 3.63) is 47.4 Å². The van der Waals surface area contributed by atoms with E-state index < -0.39 is 6.10 Å². The van der Waals surface area contributed by atoms with Crippen molar-refractivity contribution in [1.82, 2.24) is 0 Å². The van der Waals surface area contributed by atoms with E-state index in [0.29, 0.717) is 18.1 Å². The van der Waals surface area contributed by atoms with Crippen molar-refractivity contribution >= 4 is 5.78 Å². The van der Waals surface area contributed by atoms with Crippen molar-refractivity contribution in [3.63, 3.8) is 0 Å². The Kier molecular flexibility index (Phi) is 5.39. The molecule has 0 aromatic heterocycles. The summed E-state index contributed by atoms with van der Waals surface area (Å²) in [6, 6.07) is 9.51. The van der Waals surface area contributed by atoms with Gasteiger partial charge in [-0.2, -0.15) is 0 Å². The molecule has 1 aliphatic heterocycles. The number of carbonyl (C=O) groups excluding carboxylic acids is 1. The molecular formula is C17H22O4. The maximum atomic E-state index is 11.4. The third kappa shape index (κ3) is 3.85. The van der Waals surface area contributed by atoms with E-state index in [9.17, 15) is 9.90 Å². The maximum Gasteiger partial charge on any atom is 0.141 e. The molecule has 0 unspecified atom stereocenters. The lowest BCUT2D eigenvalue weighted by Crippen LogP contribution is -2.24. The van der Waals surface area contributed by atoms with Gasteiger partial charge in [0.2, 0.25) is 0 Å². The van der Waals surface area contributed by atoms with Gasteiger partial charge in [-0.05, 0) is 25.3 Å². The number of aliphatic hydroxyl groups excluding tert-OH is 1. The third-order valence-electron chi connectivity index (χ3n) is 3.71. The Bertz CT molecular complexity index is 507. The average Bonchev–Trinajstić information content (AvgIpc) is 2.52. The molecule has 1 aromatic carbocycles. The number of ether oxygens (including phenoxy) is 2. The van der Waals surface area contributed by atoms with Crippen molar-refractivity contribution < 1.29 is 19.4 Å². The van der Waals surface area contributed by atoms with Crippen LogP contribution in [0.5, 0.6) is 0 Å². The first-order valence-corrected chi connectivity index (χ1v) is 7.25. The zero-order chi connectivity index (χ0) is 15.2. The second kappa shape index (κ2) is 7.27. The number of hydrogen-bond acceptors (Lipinski definition) is 4. The van der Waals surface area contributed by atoms with Crippen LogP contribution in [0.3, 0.4) is 0 Å². The first-order valence-electron chi connectivity index (χ1n) is 7.25. The Morgan fingerprint density at radius 3 is 2.76 bits per heavy atom. The van der Waals surface area contributed by atoms with Crippen LogP contribution >= 0.6 is 0 Å². The predicted molar refractivity (Wildman–Crippen MR) is 79.4 cm³/mol. The van der Waals surface area contributed by atoms with Crippen molar-refractivity contribution in [2.24, 2.45) is 5.92 Å². The molecule has 4 heteroatoms. The van der Waals surface area contributed by atoms with Gasteiger partial charge in [-0.1, -0.05) is 30.3 Å². The fraction of sp³-hybridized carbons (Fsp3) is 0.471. The molecule has 1 N–H and O–H groups in total. The number of Topliss-reactive ketones (excluding diaryl/α,β-unsaturated/α-hetero) is 1. The van der Waals surface area contributed by atoms with Gasteiger partial charge in [-0.15, -0.1) is 0 Å². The van der Waals surface area contributed by atoms with E-state index in [0.717, 1.165) is 18.4 Å². The smallest absolute Gasteiger partial charge is 0.141 e. The molecule has 1 fully saturated rings. The van der Waals surface area contributed by atoms with Crippen molar-refractivity contribution in [2.45, 2.75) is 32.3 Å². The standard InChI is InChI=1S/C17H22O4/c1-12(18)11-15(20-2)17-14(9-6-10-21-17)16(19)13-7-4-3-5-8-13/h3-5,7-8,14,16,19H,6,9-11H2,1-2H3/b17-15+/t14-,16+/m0/s1. The summed E-state index contributed by atoms with van der Waals surface area (Å²) in [5, 5.41) is 10.6. The summed E-state index contributed by atoms with van der Waals surface area (Å²) in [4.78, 5) is 11.4. The minimum atomic E-state index is -0.654. The highest BCUT2D eigenvalue weighted by Crippen LogP contribution is 2.37. The van der Waals surface area contributed by atoms with E-state index in [1.807, 2.05) is 30.3 Å². The van der Waals surface area contributed by atoms with E-state index in [1.165, 1.54) is 14.0 Å². The van der Waals surface area contributed by atoms with Crippen molar-refractivity contribution in [2.75, 3.05) is 13.7 Å². The molecule has 2 atom stereocenters. The molecular weight excluding hydrogens is 268 g/mol. The number of hydrogen-bond donors (Lipinski definition) is 1. The van der Waals surface area contributed by atoms with Gasteiger partial charge in [0, 0.05) is 0 Å². The highest BCUT2D eigenvalue weighted by molar-refractivity contribution is 5.77. The van der Waals surface area contributed by atoms with Crippen LogP contribution in [0.25, 0.3) is 0 Å². The predicted octanol–water partition coefficient (Wildman–Crippen LogP) is 2.98. The lowest BCUT2D eigenvalue weighted by molar-refractivity contribution is -0.117. The van der Waals surface area contributed by atoms with Crippen LogP contribution in [-0.4, -0.2) is 24.6 Å². The Morgan fingerprint density at radius 2 is 2.14 bits per heavy atom. The van der Waals surface area contributed by atoms with E-state index in [4.69, 9.17) is 9.47 Å². The molecule has 0 spiro atoms. The highest BCUT2D eigenvalue weighted by Gasteiger charge is 2.32. The van der Waals surface area contributed by atoms with Gasteiger partial charge in [-0.3, -0.25) is 4.79 Å². The first kappa shape index (κ1) is 15.6. The molecule has 0 bridgehead atoms. The Balaban J connectivity index is 2.30. The van der Waals surface area contributed by atoms with Gasteiger partial charge >= 0.3 is 0 Å². The SMILES string of the molecule is CO/C(CC(C)=O)=C1/OCCC[C@H]1[C@H](O)c1ccccc1. The lowest BCUT2D eigenvalue weighted by Gasteiger charge is -2.31. The fourth-order valence-corrected chi connectivity index (χ4v) is 2.68. The second-order valence-electron chi connectivity index (χ2n) is 5.32. The molecule has 1 heterocycles. The summed E-state index contributed by atoms with van der Waals surface area (Å²) < 4.78 is 11.1. The van der Waals surface area contributed by atoms with Crippen LogP contribution in [0.2, 0.25) is 0 Å². The molecule has 4 nitrogen and oxygen atoms in total. The summed E-state index contributed by atoms with van der Waals surface area (Å²) in [7, 11) is 1.54. The quantitative estimate of drug-likeness (QED) is 0.847. The summed E-state index contributed by atoms with van der Waals surface area (Å²) in [5.74, 6) is 0.995. The minimum Gasteiger partial charge on any atom is -0.497 e. The zero-order valence-corrected chi connectivity index (χ0v) is 12.5.